The third-order valence-corrected chi connectivity index (χ3v) is 3.24. The van der Waals surface area contributed by atoms with Crippen LogP contribution >= 0.6 is 0 Å². The molecule has 21 heavy (non-hydrogen) atoms. The number of hydrogen-bond donors (Lipinski definition) is 0. The number of hydrogen-bond acceptors (Lipinski definition) is 2. The molecule has 3 rings (SSSR count). The summed E-state index contributed by atoms with van der Waals surface area (Å²) in [5.74, 6) is 0.822. The number of quaternary nitrogens is 1. The van der Waals surface area contributed by atoms with Crippen molar-refractivity contribution in [3.05, 3.63) is 54.6 Å². The minimum atomic E-state index is 0. The topological polar surface area (TPSA) is 25.8 Å². The first-order valence-corrected chi connectivity index (χ1v) is 6.70. The van der Waals surface area contributed by atoms with Crippen LogP contribution in [-0.4, -0.2) is 31.1 Å². The second-order valence-electron chi connectivity index (χ2n) is 5.77. The molecule has 0 unspecified atom stereocenters. The summed E-state index contributed by atoms with van der Waals surface area (Å²) < 4.78 is 0.602. The first-order valence-electron chi connectivity index (χ1n) is 6.70. The molecular formula is C17H18ClN3. The molecule has 0 bridgehead atoms. The molecule has 0 fully saturated rings. The summed E-state index contributed by atoms with van der Waals surface area (Å²) in [7, 11) is 6.25. The highest BCUT2D eigenvalue weighted by Crippen LogP contribution is 2.28. The van der Waals surface area contributed by atoms with Gasteiger partial charge in [0.05, 0.1) is 32.4 Å². The van der Waals surface area contributed by atoms with Crippen LogP contribution in [-0.2, 0) is 0 Å². The summed E-state index contributed by atoms with van der Waals surface area (Å²) in [5.41, 5.74) is 3.12. The van der Waals surface area contributed by atoms with Crippen LogP contribution in [0.4, 0.5) is 5.95 Å². The van der Waals surface area contributed by atoms with Gasteiger partial charge in [0.15, 0.2) is 0 Å². The fourth-order valence-electron chi connectivity index (χ4n) is 2.18. The van der Waals surface area contributed by atoms with Crippen molar-refractivity contribution in [2.75, 3.05) is 21.1 Å². The van der Waals surface area contributed by atoms with Gasteiger partial charge in [-0.1, -0.05) is 48.5 Å². The van der Waals surface area contributed by atoms with Crippen LogP contribution in [0.1, 0.15) is 0 Å². The van der Waals surface area contributed by atoms with Gasteiger partial charge in [-0.15, -0.1) is 0 Å². The van der Waals surface area contributed by atoms with Gasteiger partial charge in [-0.05, 0) is 6.07 Å². The van der Waals surface area contributed by atoms with Crippen molar-refractivity contribution >= 4 is 16.9 Å². The average Bonchev–Trinajstić information content (AvgIpc) is 2.46. The van der Waals surface area contributed by atoms with Crippen molar-refractivity contribution in [2.24, 2.45) is 0 Å². The van der Waals surface area contributed by atoms with Crippen LogP contribution < -0.4 is 16.9 Å². The molecule has 1 heterocycles. The third-order valence-electron chi connectivity index (χ3n) is 3.24. The molecule has 4 heteroatoms. The highest BCUT2D eigenvalue weighted by Gasteiger charge is 2.19. The highest BCUT2D eigenvalue weighted by atomic mass is 35.5. The second kappa shape index (κ2) is 5.80. The van der Waals surface area contributed by atoms with Crippen LogP contribution in [0.2, 0.25) is 0 Å². The average molecular weight is 300 g/mol. The molecule has 3 aromatic rings. The Hall–Kier alpha value is -1.97. The van der Waals surface area contributed by atoms with E-state index >= 15 is 0 Å². The Morgan fingerprint density at radius 1 is 0.762 bits per heavy atom. The Morgan fingerprint density at radius 2 is 1.38 bits per heavy atom. The van der Waals surface area contributed by atoms with E-state index in [0.717, 1.165) is 28.1 Å². The lowest BCUT2D eigenvalue weighted by Crippen LogP contribution is -3.00. The molecule has 0 amide bonds. The van der Waals surface area contributed by atoms with E-state index in [1.165, 1.54) is 0 Å². The molecule has 0 spiro atoms. The van der Waals surface area contributed by atoms with Gasteiger partial charge >= 0.3 is 5.95 Å². The molecule has 0 saturated heterocycles. The zero-order valence-electron chi connectivity index (χ0n) is 12.4. The van der Waals surface area contributed by atoms with E-state index in [1.807, 2.05) is 36.4 Å². The largest absolute Gasteiger partial charge is 1.00 e. The number of aromatic nitrogens is 2. The standard InChI is InChI=1S/C17H18N3.ClH/c1-20(2,3)17-18-15-12-8-7-11-14(15)16(19-17)13-9-5-4-6-10-13;/h4-12H,1-3H3;1H/q+1;/p-1. The Labute approximate surface area is 131 Å². The molecule has 0 aliphatic rings. The molecule has 0 atom stereocenters. The molecule has 0 N–H and O–H groups in total. The SMILES string of the molecule is C[N+](C)(C)c1nc(-c2ccccc2)c2ccccc2n1.[Cl-]. The lowest BCUT2D eigenvalue weighted by Gasteiger charge is -2.21. The summed E-state index contributed by atoms with van der Waals surface area (Å²) in [6.45, 7) is 0. The van der Waals surface area contributed by atoms with Gasteiger partial charge < -0.3 is 12.4 Å². The number of halogens is 1. The predicted octanol–water partition coefficient (Wildman–Crippen LogP) is 0.497. The second-order valence-corrected chi connectivity index (χ2v) is 5.77. The number of para-hydroxylation sites is 1. The smallest absolute Gasteiger partial charge is 0.329 e. The van der Waals surface area contributed by atoms with E-state index in [4.69, 9.17) is 9.97 Å². The fraction of sp³-hybridized carbons (Fsp3) is 0.176. The number of nitrogens with zero attached hydrogens (tertiary/aromatic N) is 3. The van der Waals surface area contributed by atoms with Gasteiger partial charge in [-0.3, -0.25) is 4.48 Å². The van der Waals surface area contributed by atoms with Gasteiger partial charge in [0.2, 0.25) is 0 Å². The van der Waals surface area contributed by atoms with Crippen molar-refractivity contribution in [1.29, 1.82) is 0 Å². The fourth-order valence-corrected chi connectivity index (χ4v) is 2.18. The minimum Gasteiger partial charge on any atom is -1.00 e. The van der Waals surface area contributed by atoms with Crippen molar-refractivity contribution in [1.82, 2.24) is 14.5 Å². The van der Waals surface area contributed by atoms with E-state index < -0.39 is 0 Å². The van der Waals surface area contributed by atoms with E-state index in [0.29, 0.717) is 4.48 Å². The summed E-state index contributed by atoms with van der Waals surface area (Å²) in [6.07, 6.45) is 0. The molecular weight excluding hydrogens is 282 g/mol. The third kappa shape index (κ3) is 3.04. The number of rotatable bonds is 2. The molecule has 108 valence electrons. The summed E-state index contributed by atoms with van der Waals surface area (Å²) in [5, 5.41) is 1.09. The first-order chi connectivity index (χ1) is 9.55. The number of benzene rings is 2. The molecule has 0 aliphatic carbocycles. The Balaban J connectivity index is 0.00000161. The predicted molar refractivity (Wildman–Crippen MR) is 84.5 cm³/mol. The maximum absolute atomic E-state index is 4.80. The van der Waals surface area contributed by atoms with Crippen LogP contribution in [0.5, 0.6) is 0 Å². The maximum atomic E-state index is 4.80. The Bertz CT molecular complexity index is 749. The lowest BCUT2D eigenvalue weighted by atomic mass is 10.1. The van der Waals surface area contributed by atoms with Crippen molar-refractivity contribution in [3.8, 4) is 11.3 Å². The normalized spacial score (nSPS) is 11.2. The highest BCUT2D eigenvalue weighted by molar-refractivity contribution is 5.92. The van der Waals surface area contributed by atoms with Crippen molar-refractivity contribution in [2.45, 2.75) is 0 Å². The maximum Gasteiger partial charge on any atom is 0.329 e. The van der Waals surface area contributed by atoms with Gasteiger partial charge in [0.1, 0.15) is 0 Å². The Kier molecular flexibility index (Phi) is 4.26. The molecule has 1 aromatic heterocycles. The first kappa shape index (κ1) is 15.4. The molecule has 0 aliphatic heterocycles. The van der Waals surface area contributed by atoms with E-state index in [1.54, 1.807) is 0 Å². The number of fused-ring (bicyclic) bond motifs is 1. The lowest BCUT2D eigenvalue weighted by molar-refractivity contribution is -0.00000433. The quantitative estimate of drug-likeness (QED) is 0.644. The summed E-state index contributed by atoms with van der Waals surface area (Å²) >= 11 is 0. The zero-order chi connectivity index (χ0) is 14.2. The van der Waals surface area contributed by atoms with Gasteiger partial charge in [-0.25, -0.2) is 0 Å². The summed E-state index contributed by atoms with van der Waals surface area (Å²) in [6, 6.07) is 18.5. The van der Waals surface area contributed by atoms with Gasteiger partial charge in [0.25, 0.3) is 0 Å². The van der Waals surface area contributed by atoms with Crippen LogP contribution in [0.3, 0.4) is 0 Å². The molecule has 3 nitrogen and oxygen atoms in total. The monoisotopic (exact) mass is 299 g/mol. The van der Waals surface area contributed by atoms with E-state index in [2.05, 4.69) is 39.3 Å². The van der Waals surface area contributed by atoms with Crippen LogP contribution in [0.25, 0.3) is 22.2 Å². The van der Waals surface area contributed by atoms with Gasteiger partial charge in [-0.2, -0.15) is 9.97 Å². The zero-order valence-corrected chi connectivity index (χ0v) is 13.2. The van der Waals surface area contributed by atoms with Gasteiger partial charge in [0, 0.05) is 10.9 Å². The van der Waals surface area contributed by atoms with E-state index in [9.17, 15) is 0 Å². The van der Waals surface area contributed by atoms with E-state index in [-0.39, 0.29) is 12.4 Å². The minimum absolute atomic E-state index is 0. The Morgan fingerprint density at radius 3 is 2.05 bits per heavy atom. The molecule has 2 aromatic carbocycles. The molecule has 0 radical (unpaired) electrons. The van der Waals surface area contributed by atoms with Crippen molar-refractivity contribution < 1.29 is 12.4 Å². The van der Waals surface area contributed by atoms with Crippen LogP contribution in [0.15, 0.2) is 54.6 Å². The summed E-state index contributed by atoms with van der Waals surface area (Å²) in [4.78, 5) is 9.50. The molecule has 0 saturated carbocycles. The van der Waals surface area contributed by atoms with Crippen LogP contribution in [0, 0.1) is 0 Å². The van der Waals surface area contributed by atoms with Crippen molar-refractivity contribution in [3.63, 3.8) is 0 Å².